The summed E-state index contributed by atoms with van der Waals surface area (Å²) in [7, 11) is 0. The van der Waals surface area contributed by atoms with E-state index < -0.39 is 0 Å². The molecule has 0 bridgehead atoms. The van der Waals surface area contributed by atoms with Crippen LogP contribution in [-0.2, 0) is 4.79 Å². The van der Waals surface area contributed by atoms with Crippen LogP contribution in [0.5, 0.6) is 0 Å². The van der Waals surface area contributed by atoms with E-state index in [0.29, 0.717) is 0 Å². The van der Waals surface area contributed by atoms with Crippen molar-refractivity contribution in [2.75, 3.05) is 25.0 Å². The number of amides is 1. The summed E-state index contributed by atoms with van der Waals surface area (Å²) in [6.45, 7) is 7.41. The van der Waals surface area contributed by atoms with Gasteiger partial charge in [-0.15, -0.1) is 0 Å². The lowest BCUT2D eigenvalue weighted by Gasteiger charge is -2.30. The van der Waals surface area contributed by atoms with Crippen molar-refractivity contribution in [3.05, 3.63) is 54.1 Å². The quantitative estimate of drug-likeness (QED) is 0.908. The second-order valence-electron chi connectivity index (χ2n) is 6.64. The first-order chi connectivity index (χ1) is 11.7. The van der Waals surface area contributed by atoms with Crippen LogP contribution in [0.15, 0.2) is 48.5 Å². The third-order valence-electron chi connectivity index (χ3n) is 4.91. The Morgan fingerprint density at radius 2 is 1.79 bits per heavy atom. The lowest BCUT2D eigenvalue weighted by atomic mass is 9.96. The van der Waals surface area contributed by atoms with Crippen molar-refractivity contribution in [2.24, 2.45) is 5.92 Å². The highest BCUT2D eigenvalue weighted by atomic mass is 16.1. The number of anilines is 1. The van der Waals surface area contributed by atoms with E-state index in [1.807, 2.05) is 12.1 Å². The Bertz CT molecular complexity index is 685. The molecule has 1 heterocycles. The standard InChI is InChI=1S/C21H26N2O/c1-3-23-13-11-18(12-14-23)21(24)22-20-9-7-17(8-10-20)19-6-4-5-16(2)15-19/h4-10,15,18H,3,11-14H2,1-2H3,(H,22,24). The summed E-state index contributed by atoms with van der Waals surface area (Å²) in [6, 6.07) is 16.6. The second kappa shape index (κ2) is 7.63. The fraction of sp³-hybridized carbons (Fsp3) is 0.381. The minimum absolute atomic E-state index is 0.143. The third-order valence-corrected chi connectivity index (χ3v) is 4.91. The number of likely N-dealkylation sites (tertiary alicyclic amines) is 1. The van der Waals surface area contributed by atoms with Crippen molar-refractivity contribution in [3.8, 4) is 11.1 Å². The summed E-state index contributed by atoms with van der Waals surface area (Å²) in [5.74, 6) is 0.304. The number of piperidine rings is 1. The number of hydrogen-bond donors (Lipinski definition) is 1. The van der Waals surface area contributed by atoms with E-state index in [9.17, 15) is 4.79 Å². The van der Waals surface area contributed by atoms with Crippen LogP contribution in [-0.4, -0.2) is 30.4 Å². The number of nitrogens with one attached hydrogen (secondary N) is 1. The fourth-order valence-corrected chi connectivity index (χ4v) is 3.33. The summed E-state index contributed by atoms with van der Waals surface area (Å²) >= 11 is 0. The van der Waals surface area contributed by atoms with Gasteiger partial charge in [0, 0.05) is 11.6 Å². The SMILES string of the molecule is CCN1CCC(C(=O)Nc2ccc(-c3cccc(C)c3)cc2)CC1. The maximum Gasteiger partial charge on any atom is 0.227 e. The van der Waals surface area contributed by atoms with Gasteiger partial charge in [-0.2, -0.15) is 0 Å². The van der Waals surface area contributed by atoms with Gasteiger partial charge in [-0.1, -0.05) is 48.9 Å². The molecule has 2 aromatic carbocycles. The van der Waals surface area contributed by atoms with Crippen molar-refractivity contribution in [1.82, 2.24) is 4.90 Å². The van der Waals surface area contributed by atoms with Crippen LogP contribution in [0.2, 0.25) is 0 Å². The highest BCUT2D eigenvalue weighted by Gasteiger charge is 2.24. The maximum absolute atomic E-state index is 12.4. The molecule has 0 aliphatic carbocycles. The van der Waals surface area contributed by atoms with Gasteiger partial charge in [0.2, 0.25) is 5.91 Å². The van der Waals surface area contributed by atoms with Gasteiger partial charge in [-0.05, 0) is 62.7 Å². The molecular formula is C21H26N2O. The Balaban J connectivity index is 1.61. The minimum Gasteiger partial charge on any atom is -0.326 e. The lowest BCUT2D eigenvalue weighted by Crippen LogP contribution is -2.37. The first kappa shape index (κ1) is 16.7. The number of benzene rings is 2. The van der Waals surface area contributed by atoms with E-state index in [2.05, 4.69) is 60.5 Å². The molecule has 0 unspecified atom stereocenters. The molecule has 24 heavy (non-hydrogen) atoms. The zero-order valence-electron chi connectivity index (χ0n) is 14.6. The molecule has 3 rings (SSSR count). The van der Waals surface area contributed by atoms with Crippen molar-refractivity contribution >= 4 is 11.6 Å². The number of nitrogens with zero attached hydrogens (tertiary/aromatic N) is 1. The van der Waals surface area contributed by atoms with Crippen LogP contribution in [0.25, 0.3) is 11.1 Å². The van der Waals surface area contributed by atoms with Crippen molar-refractivity contribution in [1.29, 1.82) is 0 Å². The van der Waals surface area contributed by atoms with Gasteiger partial charge in [0.15, 0.2) is 0 Å². The molecule has 1 N–H and O–H groups in total. The van der Waals surface area contributed by atoms with Crippen molar-refractivity contribution in [2.45, 2.75) is 26.7 Å². The van der Waals surface area contributed by atoms with E-state index in [1.165, 1.54) is 16.7 Å². The van der Waals surface area contributed by atoms with Gasteiger partial charge in [-0.3, -0.25) is 4.79 Å². The summed E-state index contributed by atoms with van der Waals surface area (Å²) < 4.78 is 0. The number of carbonyl (C=O) groups excluding carboxylic acids is 1. The Morgan fingerprint density at radius 3 is 2.42 bits per heavy atom. The normalized spacial score (nSPS) is 16.1. The van der Waals surface area contributed by atoms with Crippen LogP contribution >= 0.6 is 0 Å². The first-order valence-electron chi connectivity index (χ1n) is 8.86. The first-order valence-corrected chi connectivity index (χ1v) is 8.86. The lowest BCUT2D eigenvalue weighted by molar-refractivity contribution is -0.121. The van der Waals surface area contributed by atoms with Crippen LogP contribution in [0, 0.1) is 12.8 Å². The van der Waals surface area contributed by atoms with E-state index in [1.54, 1.807) is 0 Å². The van der Waals surface area contributed by atoms with Gasteiger partial charge in [0.25, 0.3) is 0 Å². The molecule has 1 aliphatic rings. The Kier molecular flexibility index (Phi) is 5.31. The molecule has 0 saturated carbocycles. The predicted octanol–water partition coefficient (Wildman–Crippen LogP) is 4.33. The van der Waals surface area contributed by atoms with Crippen molar-refractivity contribution < 1.29 is 4.79 Å². The molecule has 1 fully saturated rings. The van der Waals surface area contributed by atoms with E-state index in [4.69, 9.17) is 0 Å². The molecule has 1 aliphatic heterocycles. The topological polar surface area (TPSA) is 32.3 Å². The Labute approximate surface area is 144 Å². The zero-order chi connectivity index (χ0) is 16.9. The van der Waals surface area contributed by atoms with Crippen LogP contribution < -0.4 is 5.32 Å². The van der Waals surface area contributed by atoms with E-state index in [0.717, 1.165) is 38.2 Å². The average molecular weight is 322 g/mol. The Morgan fingerprint density at radius 1 is 1.08 bits per heavy atom. The van der Waals surface area contributed by atoms with Gasteiger partial charge in [0.05, 0.1) is 0 Å². The Hall–Kier alpha value is -2.13. The zero-order valence-corrected chi connectivity index (χ0v) is 14.6. The minimum atomic E-state index is 0.143. The molecule has 3 nitrogen and oxygen atoms in total. The summed E-state index contributed by atoms with van der Waals surface area (Å²) in [4.78, 5) is 14.8. The average Bonchev–Trinajstić information content (AvgIpc) is 2.62. The van der Waals surface area contributed by atoms with Crippen LogP contribution in [0.1, 0.15) is 25.3 Å². The molecule has 2 aromatic rings. The predicted molar refractivity (Wildman–Crippen MR) is 100 cm³/mol. The molecular weight excluding hydrogens is 296 g/mol. The molecule has 1 saturated heterocycles. The van der Waals surface area contributed by atoms with Gasteiger partial charge < -0.3 is 10.2 Å². The molecule has 126 valence electrons. The second-order valence-corrected chi connectivity index (χ2v) is 6.64. The van der Waals surface area contributed by atoms with Gasteiger partial charge in [-0.25, -0.2) is 0 Å². The smallest absolute Gasteiger partial charge is 0.227 e. The largest absolute Gasteiger partial charge is 0.326 e. The molecule has 0 spiro atoms. The van der Waals surface area contributed by atoms with Crippen LogP contribution in [0.3, 0.4) is 0 Å². The summed E-state index contributed by atoms with van der Waals surface area (Å²) in [5, 5.41) is 3.08. The number of carbonyl (C=O) groups is 1. The highest BCUT2D eigenvalue weighted by molar-refractivity contribution is 5.92. The number of aryl methyl sites for hydroxylation is 1. The van der Waals surface area contributed by atoms with Gasteiger partial charge in [0.1, 0.15) is 0 Å². The third kappa shape index (κ3) is 4.04. The molecule has 1 amide bonds. The van der Waals surface area contributed by atoms with E-state index >= 15 is 0 Å². The number of hydrogen-bond acceptors (Lipinski definition) is 2. The van der Waals surface area contributed by atoms with E-state index in [-0.39, 0.29) is 11.8 Å². The fourth-order valence-electron chi connectivity index (χ4n) is 3.33. The summed E-state index contributed by atoms with van der Waals surface area (Å²) in [6.07, 6.45) is 1.92. The maximum atomic E-state index is 12.4. The van der Waals surface area contributed by atoms with Gasteiger partial charge >= 0.3 is 0 Å². The highest BCUT2D eigenvalue weighted by Crippen LogP contribution is 2.23. The van der Waals surface area contributed by atoms with Crippen LogP contribution in [0.4, 0.5) is 5.69 Å². The molecule has 0 atom stereocenters. The molecule has 3 heteroatoms. The monoisotopic (exact) mass is 322 g/mol. The van der Waals surface area contributed by atoms with Crippen molar-refractivity contribution in [3.63, 3.8) is 0 Å². The molecule has 0 aromatic heterocycles. The summed E-state index contributed by atoms with van der Waals surface area (Å²) in [5.41, 5.74) is 4.52. The number of rotatable bonds is 4. The molecule has 0 radical (unpaired) electrons.